The van der Waals surface area contributed by atoms with E-state index < -0.39 is 0 Å². The molecule has 0 saturated heterocycles. The number of hydrogen-bond acceptors (Lipinski definition) is 2. The van der Waals surface area contributed by atoms with Crippen molar-refractivity contribution in [2.24, 2.45) is 0 Å². The third kappa shape index (κ3) is 1.31. The van der Waals surface area contributed by atoms with Crippen molar-refractivity contribution in [3.8, 4) is 0 Å². The number of hydrogen-bond donors (Lipinski definition) is 1. The molecule has 0 saturated carbocycles. The SMILES string of the molecule is O=C1NC(=O)c2ccccc21.[Na]. The number of imide groups is 1. The minimum atomic E-state index is -0.300. The minimum Gasteiger partial charge on any atom is -0.288 e. The van der Waals surface area contributed by atoms with Gasteiger partial charge in [-0.05, 0) is 12.1 Å². The van der Waals surface area contributed by atoms with Gasteiger partial charge >= 0.3 is 0 Å². The molecule has 0 spiro atoms. The maximum Gasteiger partial charge on any atom is 0.258 e. The Hall–Kier alpha value is -0.640. The van der Waals surface area contributed by atoms with Crippen molar-refractivity contribution in [3.05, 3.63) is 35.4 Å². The number of rotatable bonds is 0. The van der Waals surface area contributed by atoms with Crippen LogP contribution in [0.2, 0.25) is 0 Å². The fourth-order valence-electron chi connectivity index (χ4n) is 1.12. The van der Waals surface area contributed by atoms with E-state index in [4.69, 9.17) is 0 Å². The summed E-state index contributed by atoms with van der Waals surface area (Å²) in [7, 11) is 0. The van der Waals surface area contributed by atoms with Gasteiger partial charge in [0.15, 0.2) is 0 Å². The average Bonchev–Trinajstić information content (AvgIpc) is 2.30. The fraction of sp³-hybridized carbons (Fsp3) is 0. The quantitative estimate of drug-likeness (QED) is 0.446. The number of carbonyl (C=O) groups excluding carboxylic acids is 2. The smallest absolute Gasteiger partial charge is 0.258 e. The molecule has 4 heteroatoms. The third-order valence-corrected chi connectivity index (χ3v) is 1.64. The van der Waals surface area contributed by atoms with Crippen molar-refractivity contribution in [1.29, 1.82) is 0 Å². The van der Waals surface area contributed by atoms with Crippen molar-refractivity contribution in [2.75, 3.05) is 0 Å². The van der Waals surface area contributed by atoms with Gasteiger partial charge in [-0.2, -0.15) is 0 Å². The van der Waals surface area contributed by atoms with E-state index in [1.54, 1.807) is 24.3 Å². The predicted octanol–water partition coefficient (Wildman–Crippen LogP) is 0.189. The van der Waals surface area contributed by atoms with E-state index in [-0.39, 0.29) is 41.4 Å². The Kier molecular flexibility index (Phi) is 2.67. The maximum absolute atomic E-state index is 10.9. The van der Waals surface area contributed by atoms with Gasteiger partial charge in [0.25, 0.3) is 11.8 Å². The molecule has 2 rings (SSSR count). The molecular formula is C8H5NNaO2. The van der Waals surface area contributed by atoms with E-state index in [0.717, 1.165) is 0 Å². The summed E-state index contributed by atoms with van der Waals surface area (Å²) in [6, 6.07) is 6.74. The van der Waals surface area contributed by atoms with Gasteiger partial charge in [0, 0.05) is 29.6 Å². The molecule has 1 aromatic rings. The standard InChI is InChI=1S/C8H5NO2.Na/c10-7-5-3-1-2-4-6(5)8(11)9-7;/h1-4H,(H,9,10,11);. The zero-order chi connectivity index (χ0) is 7.84. The second-order valence-corrected chi connectivity index (χ2v) is 2.33. The van der Waals surface area contributed by atoms with E-state index >= 15 is 0 Å². The Morgan fingerprint density at radius 1 is 0.917 bits per heavy atom. The average molecular weight is 170 g/mol. The van der Waals surface area contributed by atoms with Crippen molar-refractivity contribution in [3.63, 3.8) is 0 Å². The second kappa shape index (κ2) is 3.39. The molecule has 1 heterocycles. The van der Waals surface area contributed by atoms with E-state index in [1.165, 1.54) is 0 Å². The van der Waals surface area contributed by atoms with Gasteiger partial charge in [0.05, 0.1) is 11.1 Å². The fourth-order valence-corrected chi connectivity index (χ4v) is 1.12. The van der Waals surface area contributed by atoms with Crippen LogP contribution in [0.15, 0.2) is 24.3 Å². The van der Waals surface area contributed by atoms with E-state index in [2.05, 4.69) is 5.32 Å². The van der Waals surface area contributed by atoms with E-state index in [1.807, 2.05) is 0 Å². The number of benzene rings is 1. The first-order valence-electron chi connectivity index (χ1n) is 3.24. The molecule has 1 aliphatic rings. The van der Waals surface area contributed by atoms with E-state index in [9.17, 15) is 9.59 Å². The summed E-state index contributed by atoms with van der Waals surface area (Å²) >= 11 is 0. The molecule has 0 atom stereocenters. The molecule has 55 valence electrons. The molecule has 0 bridgehead atoms. The topological polar surface area (TPSA) is 46.2 Å². The molecule has 1 N–H and O–H groups in total. The van der Waals surface area contributed by atoms with Crippen LogP contribution in [0.25, 0.3) is 0 Å². The predicted molar refractivity (Wildman–Crippen MR) is 44.0 cm³/mol. The number of nitrogens with one attached hydrogen (secondary N) is 1. The largest absolute Gasteiger partial charge is 0.288 e. The summed E-state index contributed by atoms with van der Waals surface area (Å²) in [5.41, 5.74) is 0.940. The van der Waals surface area contributed by atoms with Gasteiger partial charge in [0.1, 0.15) is 0 Å². The Bertz CT molecular complexity index is 316. The molecule has 0 unspecified atom stereocenters. The van der Waals surface area contributed by atoms with Crippen molar-refractivity contribution in [2.45, 2.75) is 0 Å². The first-order chi connectivity index (χ1) is 5.29. The van der Waals surface area contributed by atoms with Gasteiger partial charge in [-0.1, -0.05) is 12.1 Å². The van der Waals surface area contributed by atoms with Gasteiger partial charge in [-0.25, -0.2) is 0 Å². The molecule has 1 aliphatic heterocycles. The van der Waals surface area contributed by atoms with E-state index in [0.29, 0.717) is 11.1 Å². The molecule has 1 aromatic carbocycles. The van der Waals surface area contributed by atoms with Gasteiger partial charge < -0.3 is 0 Å². The molecular weight excluding hydrogens is 165 g/mol. The first-order valence-corrected chi connectivity index (χ1v) is 3.24. The van der Waals surface area contributed by atoms with Crippen LogP contribution >= 0.6 is 0 Å². The maximum atomic E-state index is 10.9. The monoisotopic (exact) mass is 170 g/mol. The molecule has 2 amide bonds. The van der Waals surface area contributed by atoms with Crippen molar-refractivity contribution < 1.29 is 9.59 Å². The summed E-state index contributed by atoms with van der Waals surface area (Å²) in [6.07, 6.45) is 0. The summed E-state index contributed by atoms with van der Waals surface area (Å²) in [5, 5.41) is 2.20. The molecule has 0 aromatic heterocycles. The van der Waals surface area contributed by atoms with Crippen LogP contribution < -0.4 is 5.32 Å². The van der Waals surface area contributed by atoms with Crippen LogP contribution in [0.1, 0.15) is 20.7 Å². The van der Waals surface area contributed by atoms with Crippen LogP contribution in [0.4, 0.5) is 0 Å². The zero-order valence-electron chi connectivity index (χ0n) is 6.63. The minimum absolute atomic E-state index is 0. The Labute approximate surface area is 91.4 Å². The van der Waals surface area contributed by atoms with Crippen LogP contribution in [0, 0.1) is 0 Å². The van der Waals surface area contributed by atoms with Crippen LogP contribution in [0.3, 0.4) is 0 Å². The molecule has 0 fully saturated rings. The normalized spacial score (nSPS) is 13.3. The molecule has 12 heavy (non-hydrogen) atoms. The number of amides is 2. The summed E-state index contributed by atoms with van der Waals surface area (Å²) in [4.78, 5) is 21.9. The summed E-state index contributed by atoms with van der Waals surface area (Å²) in [6.45, 7) is 0. The summed E-state index contributed by atoms with van der Waals surface area (Å²) < 4.78 is 0. The third-order valence-electron chi connectivity index (χ3n) is 1.64. The molecule has 0 aliphatic carbocycles. The Morgan fingerprint density at radius 3 is 1.75 bits per heavy atom. The second-order valence-electron chi connectivity index (χ2n) is 2.33. The molecule has 1 radical (unpaired) electrons. The Morgan fingerprint density at radius 2 is 1.33 bits per heavy atom. The summed E-state index contributed by atoms with van der Waals surface area (Å²) in [5.74, 6) is -0.601. The van der Waals surface area contributed by atoms with Crippen molar-refractivity contribution in [1.82, 2.24) is 5.32 Å². The van der Waals surface area contributed by atoms with Crippen LogP contribution in [-0.4, -0.2) is 41.4 Å². The first kappa shape index (κ1) is 9.45. The van der Waals surface area contributed by atoms with Gasteiger partial charge in [-0.15, -0.1) is 0 Å². The van der Waals surface area contributed by atoms with Crippen molar-refractivity contribution >= 4 is 41.4 Å². The number of fused-ring (bicyclic) bond motifs is 1. The molecule has 3 nitrogen and oxygen atoms in total. The van der Waals surface area contributed by atoms with Crippen LogP contribution in [0.5, 0.6) is 0 Å². The zero-order valence-corrected chi connectivity index (χ0v) is 8.63. The van der Waals surface area contributed by atoms with Gasteiger partial charge in [-0.3, -0.25) is 14.9 Å². The van der Waals surface area contributed by atoms with Crippen LogP contribution in [-0.2, 0) is 0 Å². The van der Waals surface area contributed by atoms with Gasteiger partial charge in [0.2, 0.25) is 0 Å². The number of carbonyl (C=O) groups is 2. The Balaban J connectivity index is 0.000000720.